The van der Waals surface area contributed by atoms with Gasteiger partial charge in [0.25, 0.3) is 5.88 Å². The number of hydrogen-bond donors (Lipinski definition) is 1. The lowest BCUT2D eigenvalue weighted by Crippen LogP contribution is -2.09. The van der Waals surface area contributed by atoms with Crippen LogP contribution in [0.15, 0.2) is 6.07 Å². The van der Waals surface area contributed by atoms with Gasteiger partial charge in [0.1, 0.15) is 10.5 Å². The lowest BCUT2D eigenvalue weighted by molar-refractivity contribution is -0.383. The van der Waals surface area contributed by atoms with Gasteiger partial charge in [-0.3, -0.25) is 10.1 Å². The first-order valence-electron chi connectivity index (χ1n) is 5.22. The number of nitro benzene ring substituents is 1. The smallest absolute Gasteiger partial charge is 0.418 e. The van der Waals surface area contributed by atoms with Crippen LogP contribution in [0.5, 0.6) is 5.88 Å². The number of nitrogens with two attached hydrogens (primary N) is 1. The van der Waals surface area contributed by atoms with E-state index in [9.17, 15) is 23.3 Å². The number of nitrogens with zero attached hydrogens (tertiary/aromatic N) is 3. The van der Waals surface area contributed by atoms with Gasteiger partial charge < -0.3 is 10.5 Å². The minimum absolute atomic E-state index is 0.243. The molecule has 0 fully saturated rings. The SMILES string of the molecule is COc1nc2cc(C(F)(F)F)c(Cl)c([N+](=O)[O-])c2nc1N. The van der Waals surface area contributed by atoms with Crippen LogP contribution in [0.25, 0.3) is 11.0 Å². The van der Waals surface area contributed by atoms with Crippen LogP contribution < -0.4 is 10.5 Å². The highest BCUT2D eigenvalue weighted by Crippen LogP contribution is 2.43. The molecule has 0 amide bonds. The Balaban J connectivity index is 2.96. The maximum absolute atomic E-state index is 12.9. The van der Waals surface area contributed by atoms with E-state index in [1.807, 2.05) is 0 Å². The quantitative estimate of drug-likeness (QED) is 0.673. The Hall–Kier alpha value is -2.36. The van der Waals surface area contributed by atoms with Crippen LogP contribution in [-0.2, 0) is 6.18 Å². The summed E-state index contributed by atoms with van der Waals surface area (Å²) in [4.78, 5) is 17.3. The number of nitro groups is 1. The summed E-state index contributed by atoms with van der Waals surface area (Å²) < 4.78 is 43.3. The molecule has 0 bridgehead atoms. The number of fused-ring (bicyclic) bond motifs is 1. The zero-order chi connectivity index (χ0) is 15.9. The van der Waals surface area contributed by atoms with E-state index in [2.05, 4.69) is 9.97 Å². The zero-order valence-corrected chi connectivity index (χ0v) is 11.0. The molecule has 0 saturated heterocycles. The number of methoxy groups -OCH3 is 1. The summed E-state index contributed by atoms with van der Waals surface area (Å²) in [5.74, 6) is -0.545. The molecule has 0 unspecified atom stereocenters. The topological polar surface area (TPSA) is 104 Å². The number of halogens is 4. The highest BCUT2D eigenvalue weighted by atomic mass is 35.5. The Morgan fingerprint density at radius 2 is 2.05 bits per heavy atom. The standard InChI is InChI=1S/C10H6ClF3N4O3/c1-21-9-8(15)17-6-4(16-9)2-3(10(12,13)14)5(11)7(6)18(19)20/h2H,1H3,(H2,15,17). The van der Waals surface area contributed by atoms with Crippen LogP contribution >= 0.6 is 11.6 Å². The Bertz CT molecular complexity index is 751. The van der Waals surface area contributed by atoms with Crippen molar-refractivity contribution < 1.29 is 22.8 Å². The van der Waals surface area contributed by atoms with Crippen molar-refractivity contribution in [2.45, 2.75) is 6.18 Å². The summed E-state index contributed by atoms with van der Waals surface area (Å²) in [5, 5.41) is 9.92. The molecule has 2 N–H and O–H groups in total. The molecule has 7 nitrogen and oxygen atoms in total. The third-order valence-corrected chi connectivity index (χ3v) is 2.93. The molecule has 0 spiro atoms. The van der Waals surface area contributed by atoms with Gasteiger partial charge in [0.15, 0.2) is 11.3 Å². The van der Waals surface area contributed by atoms with Gasteiger partial charge in [0.05, 0.1) is 17.6 Å². The van der Waals surface area contributed by atoms with Gasteiger partial charge >= 0.3 is 11.9 Å². The monoisotopic (exact) mass is 322 g/mol. The average Bonchev–Trinajstić information content (AvgIpc) is 2.35. The normalized spacial score (nSPS) is 11.7. The number of alkyl halides is 3. The lowest BCUT2D eigenvalue weighted by atomic mass is 10.1. The number of aromatic nitrogens is 2. The van der Waals surface area contributed by atoms with E-state index in [-0.39, 0.29) is 11.7 Å². The Kier molecular flexibility index (Phi) is 3.49. The second kappa shape index (κ2) is 4.88. The number of nitrogen functional groups attached to an aromatic ring is 1. The van der Waals surface area contributed by atoms with Crippen molar-refractivity contribution >= 4 is 34.1 Å². The molecule has 1 aromatic carbocycles. The minimum atomic E-state index is -4.88. The van der Waals surface area contributed by atoms with Gasteiger partial charge in [-0.1, -0.05) is 11.6 Å². The summed E-state index contributed by atoms with van der Waals surface area (Å²) >= 11 is 5.49. The summed E-state index contributed by atoms with van der Waals surface area (Å²) in [7, 11) is 1.18. The second-order valence-electron chi connectivity index (χ2n) is 3.83. The van der Waals surface area contributed by atoms with E-state index < -0.39 is 38.4 Å². The molecule has 112 valence electrons. The number of rotatable bonds is 2. The molecule has 0 aliphatic rings. The van der Waals surface area contributed by atoms with Crippen molar-refractivity contribution in [3.05, 3.63) is 26.8 Å². The molecule has 0 saturated carbocycles. The fourth-order valence-corrected chi connectivity index (χ4v) is 1.99. The van der Waals surface area contributed by atoms with E-state index in [0.29, 0.717) is 6.07 Å². The molecule has 2 aromatic rings. The molecule has 0 aliphatic carbocycles. The molecule has 11 heteroatoms. The fourth-order valence-electron chi connectivity index (χ4n) is 1.67. The molecule has 0 atom stereocenters. The van der Waals surface area contributed by atoms with Crippen LogP contribution in [0.3, 0.4) is 0 Å². The van der Waals surface area contributed by atoms with Crippen molar-refractivity contribution in [1.29, 1.82) is 0 Å². The summed E-state index contributed by atoms with van der Waals surface area (Å²) in [6, 6.07) is 0.555. The Morgan fingerprint density at radius 1 is 1.43 bits per heavy atom. The third-order valence-electron chi connectivity index (χ3n) is 2.55. The van der Waals surface area contributed by atoms with Crippen LogP contribution in [0, 0.1) is 10.1 Å². The van der Waals surface area contributed by atoms with E-state index in [4.69, 9.17) is 22.1 Å². The van der Waals surface area contributed by atoms with Gasteiger partial charge in [-0.2, -0.15) is 13.2 Å². The van der Waals surface area contributed by atoms with Crippen LogP contribution in [-0.4, -0.2) is 22.0 Å². The average molecular weight is 323 g/mol. The molecule has 21 heavy (non-hydrogen) atoms. The second-order valence-corrected chi connectivity index (χ2v) is 4.21. The predicted molar refractivity (Wildman–Crippen MR) is 67.2 cm³/mol. The third kappa shape index (κ3) is 2.49. The Morgan fingerprint density at radius 3 is 2.52 bits per heavy atom. The van der Waals surface area contributed by atoms with Gasteiger partial charge in [-0.25, -0.2) is 9.97 Å². The van der Waals surface area contributed by atoms with Gasteiger partial charge in [-0.15, -0.1) is 0 Å². The number of hydrogen-bond acceptors (Lipinski definition) is 6. The summed E-state index contributed by atoms with van der Waals surface area (Å²) in [6.45, 7) is 0. The zero-order valence-electron chi connectivity index (χ0n) is 10.2. The highest BCUT2D eigenvalue weighted by Gasteiger charge is 2.38. The molecular formula is C10H6ClF3N4O3. The summed E-state index contributed by atoms with van der Waals surface area (Å²) in [5.41, 5.74) is 2.21. The van der Waals surface area contributed by atoms with Crippen molar-refractivity contribution in [1.82, 2.24) is 9.97 Å². The van der Waals surface area contributed by atoms with E-state index in [1.165, 1.54) is 7.11 Å². The van der Waals surface area contributed by atoms with Gasteiger partial charge in [0.2, 0.25) is 0 Å². The largest absolute Gasteiger partial charge is 0.478 e. The molecule has 0 aliphatic heterocycles. The van der Waals surface area contributed by atoms with Crippen LogP contribution in [0.4, 0.5) is 24.7 Å². The molecular weight excluding hydrogens is 317 g/mol. The molecule has 1 aromatic heterocycles. The first kappa shape index (κ1) is 15.0. The van der Waals surface area contributed by atoms with E-state index in [0.717, 1.165) is 0 Å². The first-order valence-corrected chi connectivity index (χ1v) is 5.60. The van der Waals surface area contributed by atoms with Crippen LogP contribution in [0.1, 0.15) is 5.56 Å². The van der Waals surface area contributed by atoms with Crippen molar-refractivity contribution in [2.75, 3.05) is 12.8 Å². The van der Waals surface area contributed by atoms with Crippen LogP contribution in [0.2, 0.25) is 5.02 Å². The predicted octanol–water partition coefficient (Wildman–Crippen LogP) is 2.80. The Labute approximate surface area is 119 Å². The van der Waals surface area contributed by atoms with Crippen molar-refractivity contribution in [3.63, 3.8) is 0 Å². The number of anilines is 1. The fraction of sp³-hybridized carbons (Fsp3) is 0.200. The maximum Gasteiger partial charge on any atom is 0.418 e. The molecule has 1 heterocycles. The minimum Gasteiger partial charge on any atom is -0.478 e. The number of benzene rings is 1. The van der Waals surface area contributed by atoms with Crippen molar-refractivity contribution in [2.24, 2.45) is 0 Å². The number of ether oxygens (including phenoxy) is 1. The van der Waals surface area contributed by atoms with Gasteiger partial charge in [-0.05, 0) is 6.07 Å². The maximum atomic E-state index is 12.9. The summed E-state index contributed by atoms with van der Waals surface area (Å²) in [6.07, 6.45) is -4.88. The van der Waals surface area contributed by atoms with E-state index in [1.54, 1.807) is 0 Å². The van der Waals surface area contributed by atoms with Crippen molar-refractivity contribution in [3.8, 4) is 5.88 Å². The molecule has 0 radical (unpaired) electrons. The van der Waals surface area contributed by atoms with E-state index >= 15 is 0 Å². The lowest BCUT2D eigenvalue weighted by Gasteiger charge is -2.11. The highest BCUT2D eigenvalue weighted by molar-refractivity contribution is 6.34. The molecule has 2 rings (SSSR count). The first-order chi connectivity index (χ1) is 9.66. The van der Waals surface area contributed by atoms with Gasteiger partial charge in [0, 0.05) is 0 Å².